The Morgan fingerprint density at radius 3 is 2.75 bits per heavy atom. The third-order valence-corrected chi connectivity index (χ3v) is 4.11. The molecule has 2 atom stereocenters. The Kier molecular flexibility index (Phi) is 3.33. The fraction of sp³-hybridized carbons (Fsp3) is 0.400. The van der Waals surface area contributed by atoms with Crippen LogP contribution >= 0.6 is 0 Å². The summed E-state index contributed by atoms with van der Waals surface area (Å²) in [7, 11) is 1.74. The van der Waals surface area contributed by atoms with Crippen molar-refractivity contribution in [2.75, 3.05) is 25.1 Å². The minimum absolute atomic E-state index is 0.234. The summed E-state index contributed by atoms with van der Waals surface area (Å²) in [5.41, 5.74) is 12.8. The molecule has 1 saturated heterocycles. The van der Waals surface area contributed by atoms with Gasteiger partial charge in [-0.2, -0.15) is 0 Å². The van der Waals surface area contributed by atoms with E-state index in [0.717, 1.165) is 24.5 Å². The molecule has 0 aromatic carbocycles. The van der Waals surface area contributed by atoms with Crippen LogP contribution in [0.4, 0.5) is 5.82 Å². The molecule has 4 N–H and O–H groups in total. The molecule has 1 fully saturated rings. The van der Waals surface area contributed by atoms with Gasteiger partial charge in [0, 0.05) is 32.4 Å². The molecule has 0 amide bonds. The van der Waals surface area contributed by atoms with Gasteiger partial charge in [0.15, 0.2) is 0 Å². The number of anilines is 1. The first-order valence-electron chi connectivity index (χ1n) is 6.78. The Morgan fingerprint density at radius 1 is 1.35 bits per heavy atom. The van der Waals surface area contributed by atoms with Gasteiger partial charge in [-0.25, -0.2) is 4.98 Å². The maximum atomic E-state index is 6.40. The molecule has 3 rings (SSSR count). The smallest absolute Gasteiger partial charge is 0.128 e. The minimum atomic E-state index is -0.676. The summed E-state index contributed by atoms with van der Waals surface area (Å²) in [6, 6.07) is 3.77. The molecule has 5 heteroatoms. The largest absolute Gasteiger partial charge is 0.378 e. The lowest BCUT2D eigenvalue weighted by Gasteiger charge is -2.39. The van der Waals surface area contributed by atoms with Crippen molar-refractivity contribution in [1.29, 1.82) is 0 Å². The fourth-order valence-electron chi connectivity index (χ4n) is 2.56. The summed E-state index contributed by atoms with van der Waals surface area (Å²) in [6.45, 7) is 1.78. The SMILES string of the molecule is COC1CN(c2ccc(C3(N)C=CC=CC3N)cn2)C1. The second-order valence-electron chi connectivity index (χ2n) is 5.37. The monoisotopic (exact) mass is 272 g/mol. The molecule has 0 radical (unpaired) electrons. The Balaban J connectivity index is 1.77. The number of nitrogens with two attached hydrogens (primary N) is 2. The highest BCUT2D eigenvalue weighted by molar-refractivity contribution is 5.46. The number of nitrogens with zero attached hydrogens (tertiary/aromatic N) is 2. The van der Waals surface area contributed by atoms with Crippen molar-refractivity contribution in [1.82, 2.24) is 4.98 Å². The number of rotatable bonds is 3. The van der Waals surface area contributed by atoms with Crippen LogP contribution in [0.1, 0.15) is 5.56 Å². The molecule has 2 aliphatic rings. The second kappa shape index (κ2) is 5.01. The first-order valence-corrected chi connectivity index (χ1v) is 6.78. The normalized spacial score (nSPS) is 29.6. The van der Waals surface area contributed by atoms with Crippen LogP contribution in [0, 0.1) is 0 Å². The molecule has 1 aliphatic heterocycles. The lowest BCUT2D eigenvalue weighted by Crippen LogP contribution is -2.52. The standard InChI is InChI=1S/C15H20N4O/c1-20-12-9-19(10-12)14-6-5-11(8-18-14)15(17)7-3-2-4-13(15)16/h2-8,12-13H,9-10,16-17H2,1H3. The number of hydrogen-bond donors (Lipinski definition) is 2. The molecule has 2 heterocycles. The topological polar surface area (TPSA) is 77.4 Å². The van der Waals surface area contributed by atoms with Gasteiger partial charge >= 0.3 is 0 Å². The van der Waals surface area contributed by atoms with E-state index in [1.165, 1.54) is 0 Å². The lowest BCUT2D eigenvalue weighted by molar-refractivity contribution is 0.0783. The fourth-order valence-corrected chi connectivity index (χ4v) is 2.56. The van der Waals surface area contributed by atoms with Crippen LogP contribution in [0.2, 0.25) is 0 Å². The van der Waals surface area contributed by atoms with Gasteiger partial charge < -0.3 is 21.1 Å². The molecule has 1 aromatic heterocycles. The highest BCUT2D eigenvalue weighted by atomic mass is 16.5. The van der Waals surface area contributed by atoms with Crippen molar-refractivity contribution in [2.45, 2.75) is 17.7 Å². The molecule has 0 saturated carbocycles. The zero-order valence-electron chi connectivity index (χ0n) is 11.6. The van der Waals surface area contributed by atoms with E-state index in [1.54, 1.807) is 7.11 Å². The number of ether oxygens (including phenoxy) is 1. The van der Waals surface area contributed by atoms with Crippen LogP contribution in [-0.2, 0) is 10.3 Å². The summed E-state index contributed by atoms with van der Waals surface area (Å²) in [6.07, 6.45) is 9.82. The molecule has 106 valence electrons. The van der Waals surface area contributed by atoms with Crippen molar-refractivity contribution in [2.24, 2.45) is 11.5 Å². The van der Waals surface area contributed by atoms with Crippen LogP contribution in [0.3, 0.4) is 0 Å². The van der Waals surface area contributed by atoms with Gasteiger partial charge in [0.05, 0.1) is 11.6 Å². The van der Waals surface area contributed by atoms with Crippen LogP contribution in [0.5, 0.6) is 0 Å². The summed E-state index contributed by atoms with van der Waals surface area (Å²) in [5.74, 6) is 0.953. The van der Waals surface area contributed by atoms with E-state index in [1.807, 2.05) is 42.6 Å². The number of aromatic nitrogens is 1. The van der Waals surface area contributed by atoms with Crippen LogP contribution in [-0.4, -0.2) is 37.3 Å². The van der Waals surface area contributed by atoms with Crippen molar-refractivity contribution >= 4 is 5.82 Å². The van der Waals surface area contributed by atoms with Crippen molar-refractivity contribution < 1.29 is 4.74 Å². The molecular formula is C15H20N4O. The van der Waals surface area contributed by atoms with Gasteiger partial charge in [-0.1, -0.05) is 30.4 Å². The summed E-state index contributed by atoms with van der Waals surface area (Å²) < 4.78 is 5.26. The van der Waals surface area contributed by atoms with Crippen molar-refractivity contribution in [3.8, 4) is 0 Å². The minimum Gasteiger partial charge on any atom is -0.378 e. The summed E-state index contributed by atoms with van der Waals surface area (Å²) >= 11 is 0. The van der Waals surface area contributed by atoms with Crippen LogP contribution < -0.4 is 16.4 Å². The number of methoxy groups -OCH3 is 1. The molecule has 0 spiro atoms. The molecule has 20 heavy (non-hydrogen) atoms. The zero-order chi connectivity index (χ0) is 14.2. The van der Waals surface area contributed by atoms with Crippen LogP contribution in [0.15, 0.2) is 42.6 Å². The number of pyridine rings is 1. The molecule has 5 nitrogen and oxygen atoms in total. The first kappa shape index (κ1) is 13.3. The predicted molar refractivity (Wildman–Crippen MR) is 79.4 cm³/mol. The highest BCUT2D eigenvalue weighted by Gasteiger charge is 2.33. The Morgan fingerprint density at radius 2 is 2.15 bits per heavy atom. The third-order valence-electron chi connectivity index (χ3n) is 4.11. The average Bonchev–Trinajstić information content (AvgIpc) is 2.42. The average molecular weight is 272 g/mol. The predicted octanol–water partition coefficient (Wildman–Crippen LogP) is 0.524. The summed E-state index contributed by atoms with van der Waals surface area (Å²) in [5, 5.41) is 0. The van der Waals surface area contributed by atoms with E-state index in [4.69, 9.17) is 16.2 Å². The molecule has 0 bridgehead atoms. The van der Waals surface area contributed by atoms with Crippen LogP contribution in [0.25, 0.3) is 0 Å². The number of hydrogen-bond acceptors (Lipinski definition) is 5. The van der Waals surface area contributed by atoms with Gasteiger partial charge in [0.1, 0.15) is 5.82 Å². The Hall–Kier alpha value is -1.69. The van der Waals surface area contributed by atoms with Gasteiger partial charge in [-0.15, -0.1) is 0 Å². The molecule has 1 aromatic rings. The Bertz CT molecular complexity index is 533. The van der Waals surface area contributed by atoms with Gasteiger partial charge in [0.2, 0.25) is 0 Å². The van der Waals surface area contributed by atoms with Crippen molar-refractivity contribution in [3.63, 3.8) is 0 Å². The van der Waals surface area contributed by atoms with Crippen molar-refractivity contribution in [3.05, 3.63) is 48.2 Å². The van der Waals surface area contributed by atoms with Gasteiger partial charge in [-0.3, -0.25) is 0 Å². The van der Waals surface area contributed by atoms with E-state index in [0.29, 0.717) is 6.10 Å². The van der Waals surface area contributed by atoms with E-state index < -0.39 is 5.54 Å². The third kappa shape index (κ3) is 2.14. The van der Waals surface area contributed by atoms with E-state index in [9.17, 15) is 0 Å². The summed E-state index contributed by atoms with van der Waals surface area (Å²) in [4.78, 5) is 6.68. The van der Waals surface area contributed by atoms with Gasteiger partial charge in [0.25, 0.3) is 0 Å². The zero-order valence-corrected chi connectivity index (χ0v) is 11.6. The van der Waals surface area contributed by atoms with E-state index >= 15 is 0 Å². The first-order chi connectivity index (χ1) is 9.63. The highest BCUT2D eigenvalue weighted by Crippen LogP contribution is 2.28. The molecular weight excluding hydrogens is 252 g/mol. The lowest BCUT2D eigenvalue weighted by atomic mass is 9.82. The maximum Gasteiger partial charge on any atom is 0.128 e. The maximum absolute atomic E-state index is 6.40. The molecule has 1 aliphatic carbocycles. The number of allylic oxidation sites excluding steroid dienone is 2. The van der Waals surface area contributed by atoms with E-state index in [2.05, 4.69) is 9.88 Å². The van der Waals surface area contributed by atoms with E-state index in [-0.39, 0.29) is 6.04 Å². The Labute approximate surface area is 118 Å². The molecule has 2 unspecified atom stereocenters. The quantitative estimate of drug-likeness (QED) is 0.839. The van der Waals surface area contributed by atoms with Gasteiger partial charge in [-0.05, 0) is 11.6 Å². The second-order valence-corrected chi connectivity index (χ2v) is 5.37.